The lowest BCUT2D eigenvalue weighted by Gasteiger charge is -2.04. The maximum absolute atomic E-state index is 11.1. The topological polar surface area (TPSA) is 100 Å². The molecule has 0 unspecified atom stereocenters. The molecule has 1 aromatic carbocycles. The Balaban J connectivity index is 2.45. The lowest BCUT2D eigenvalue weighted by atomic mass is 10.0. The van der Waals surface area contributed by atoms with Crippen LogP contribution in [0.1, 0.15) is 21.7 Å². The highest BCUT2D eigenvalue weighted by Crippen LogP contribution is 2.27. The average Bonchev–Trinajstić information content (AvgIpc) is 2.93. The summed E-state index contributed by atoms with van der Waals surface area (Å²) in [6, 6.07) is 10.1. The van der Waals surface area contributed by atoms with Crippen molar-refractivity contribution in [2.24, 2.45) is 5.73 Å². The van der Waals surface area contributed by atoms with E-state index in [0.29, 0.717) is 17.1 Å². The second-order valence-electron chi connectivity index (χ2n) is 4.57. The average molecular weight is 312 g/mol. The third kappa shape index (κ3) is 3.22. The molecule has 0 spiro atoms. The van der Waals surface area contributed by atoms with Gasteiger partial charge in [0.1, 0.15) is 22.6 Å². The van der Waals surface area contributed by atoms with Crippen LogP contribution >= 0.6 is 12.2 Å². The number of hydrogen-bond acceptors (Lipinski definition) is 4. The second kappa shape index (κ2) is 6.24. The molecule has 0 atom stereocenters. The van der Waals surface area contributed by atoms with Crippen molar-refractivity contribution in [2.45, 2.75) is 6.92 Å². The third-order valence-corrected chi connectivity index (χ3v) is 3.27. The van der Waals surface area contributed by atoms with Gasteiger partial charge in [-0.25, -0.2) is 4.79 Å². The Morgan fingerprint density at radius 2 is 2.14 bits per heavy atom. The molecule has 0 bridgehead atoms. The van der Waals surface area contributed by atoms with Crippen molar-refractivity contribution in [1.29, 1.82) is 5.26 Å². The van der Waals surface area contributed by atoms with E-state index >= 15 is 0 Å². The van der Waals surface area contributed by atoms with Gasteiger partial charge >= 0.3 is 5.97 Å². The number of furan rings is 1. The van der Waals surface area contributed by atoms with Crippen LogP contribution in [0.4, 0.5) is 0 Å². The maximum atomic E-state index is 11.1. The highest BCUT2D eigenvalue weighted by molar-refractivity contribution is 7.80. The zero-order valence-electron chi connectivity index (χ0n) is 11.7. The van der Waals surface area contributed by atoms with Crippen LogP contribution in [0, 0.1) is 18.3 Å². The summed E-state index contributed by atoms with van der Waals surface area (Å²) in [5, 5.41) is 18.0. The Hall–Kier alpha value is -2.91. The SMILES string of the molecule is Cc1ccc(C(=O)O)cc1-c1ccc(/C=C(/C#N)C(N)=S)o1. The first-order valence-electron chi connectivity index (χ1n) is 6.28. The van der Waals surface area contributed by atoms with Crippen LogP contribution in [0.3, 0.4) is 0 Å². The zero-order valence-corrected chi connectivity index (χ0v) is 12.5. The van der Waals surface area contributed by atoms with Crippen molar-refractivity contribution >= 4 is 29.3 Å². The van der Waals surface area contributed by atoms with Gasteiger partial charge in [-0.15, -0.1) is 0 Å². The zero-order chi connectivity index (χ0) is 16.3. The minimum Gasteiger partial charge on any atom is -0.478 e. The first kappa shape index (κ1) is 15.5. The molecule has 0 aliphatic rings. The fraction of sp³-hybridized carbons (Fsp3) is 0.0625. The second-order valence-corrected chi connectivity index (χ2v) is 5.01. The predicted octanol–water partition coefficient (Wildman–Crippen LogP) is 3.15. The van der Waals surface area contributed by atoms with Crippen molar-refractivity contribution in [3.05, 3.63) is 52.8 Å². The number of nitrogens with zero attached hydrogens (tertiary/aromatic N) is 1. The summed E-state index contributed by atoms with van der Waals surface area (Å²) in [6.07, 6.45) is 1.45. The minimum atomic E-state index is -1.01. The van der Waals surface area contributed by atoms with E-state index < -0.39 is 5.97 Å². The van der Waals surface area contributed by atoms with Crippen LogP contribution < -0.4 is 5.73 Å². The molecule has 3 N–H and O–H groups in total. The van der Waals surface area contributed by atoms with Gasteiger partial charge in [0.25, 0.3) is 0 Å². The maximum Gasteiger partial charge on any atom is 0.335 e. The molecule has 1 heterocycles. The van der Waals surface area contributed by atoms with Crippen LogP contribution in [0.5, 0.6) is 0 Å². The third-order valence-electron chi connectivity index (χ3n) is 3.05. The van der Waals surface area contributed by atoms with E-state index in [0.717, 1.165) is 5.56 Å². The number of hydrogen-bond donors (Lipinski definition) is 2. The van der Waals surface area contributed by atoms with Crippen LogP contribution in [-0.2, 0) is 0 Å². The molecule has 2 rings (SSSR count). The molecule has 0 amide bonds. The molecule has 5 nitrogen and oxygen atoms in total. The molecule has 0 aliphatic carbocycles. The Bertz CT molecular complexity index is 828. The summed E-state index contributed by atoms with van der Waals surface area (Å²) in [7, 11) is 0. The fourth-order valence-corrected chi connectivity index (χ4v) is 2.00. The Morgan fingerprint density at radius 3 is 2.73 bits per heavy atom. The van der Waals surface area contributed by atoms with Crippen molar-refractivity contribution in [3.63, 3.8) is 0 Å². The van der Waals surface area contributed by atoms with Gasteiger partial charge in [0, 0.05) is 11.6 Å². The molecule has 6 heteroatoms. The monoisotopic (exact) mass is 312 g/mol. The molecule has 0 fully saturated rings. The van der Waals surface area contributed by atoms with Crippen molar-refractivity contribution in [3.8, 4) is 17.4 Å². The van der Waals surface area contributed by atoms with Gasteiger partial charge in [0.15, 0.2) is 0 Å². The Morgan fingerprint density at radius 1 is 1.41 bits per heavy atom. The van der Waals surface area contributed by atoms with Gasteiger partial charge in [-0.2, -0.15) is 5.26 Å². The van der Waals surface area contributed by atoms with Gasteiger partial charge in [0.2, 0.25) is 0 Å². The lowest BCUT2D eigenvalue weighted by Crippen LogP contribution is -2.09. The van der Waals surface area contributed by atoms with E-state index in [1.807, 2.05) is 13.0 Å². The summed E-state index contributed by atoms with van der Waals surface area (Å²) in [6.45, 7) is 1.86. The molecule has 0 aliphatic heterocycles. The molecule has 0 saturated heterocycles. The number of nitriles is 1. The van der Waals surface area contributed by atoms with Crippen molar-refractivity contribution in [2.75, 3.05) is 0 Å². The van der Waals surface area contributed by atoms with Crippen LogP contribution in [0.2, 0.25) is 0 Å². The van der Waals surface area contributed by atoms with E-state index in [1.165, 1.54) is 12.1 Å². The standard InChI is InChI=1S/C16H12N2O3S/c1-9-2-3-10(16(19)20)7-13(9)14-5-4-12(21-14)6-11(8-17)15(18)22/h2-7H,1H3,(H2,18,22)(H,19,20)/b11-6-. The highest BCUT2D eigenvalue weighted by atomic mass is 32.1. The van der Waals surface area contributed by atoms with Gasteiger partial charge in [-0.3, -0.25) is 0 Å². The number of benzene rings is 1. The summed E-state index contributed by atoms with van der Waals surface area (Å²) < 4.78 is 5.63. The van der Waals surface area contributed by atoms with E-state index in [9.17, 15) is 4.79 Å². The number of thiocarbonyl (C=S) groups is 1. The van der Waals surface area contributed by atoms with Crippen molar-refractivity contribution in [1.82, 2.24) is 0 Å². The highest BCUT2D eigenvalue weighted by Gasteiger charge is 2.11. The van der Waals surface area contributed by atoms with E-state index in [1.54, 1.807) is 24.3 Å². The number of carbonyl (C=O) groups is 1. The first-order valence-corrected chi connectivity index (χ1v) is 6.69. The first-order chi connectivity index (χ1) is 10.4. The predicted molar refractivity (Wildman–Crippen MR) is 86.2 cm³/mol. The van der Waals surface area contributed by atoms with Gasteiger partial charge in [0.05, 0.1) is 11.1 Å². The molecule has 0 radical (unpaired) electrons. The van der Waals surface area contributed by atoms with Crippen LogP contribution in [0.15, 0.2) is 40.3 Å². The Kier molecular flexibility index (Phi) is 4.39. The van der Waals surface area contributed by atoms with Crippen molar-refractivity contribution < 1.29 is 14.3 Å². The molecule has 2 aromatic rings. The van der Waals surface area contributed by atoms with Gasteiger partial charge < -0.3 is 15.3 Å². The molecule has 1 aromatic heterocycles. The number of rotatable bonds is 4. The molecule has 110 valence electrons. The van der Waals surface area contributed by atoms with Gasteiger partial charge in [-0.05, 0) is 36.8 Å². The summed E-state index contributed by atoms with van der Waals surface area (Å²) in [5.74, 6) is -0.0836. The molecular weight excluding hydrogens is 300 g/mol. The number of aryl methyl sites for hydroxylation is 1. The summed E-state index contributed by atoms with van der Waals surface area (Å²) >= 11 is 4.76. The summed E-state index contributed by atoms with van der Waals surface area (Å²) in [4.78, 5) is 11.0. The number of nitrogens with two attached hydrogens (primary N) is 1. The fourth-order valence-electron chi connectivity index (χ4n) is 1.90. The molecule has 22 heavy (non-hydrogen) atoms. The summed E-state index contributed by atoms with van der Waals surface area (Å²) in [5.41, 5.74) is 7.30. The van der Waals surface area contributed by atoms with Crippen LogP contribution in [0.25, 0.3) is 17.4 Å². The Labute approximate surface area is 132 Å². The molecule has 0 saturated carbocycles. The van der Waals surface area contributed by atoms with Crippen LogP contribution in [-0.4, -0.2) is 16.1 Å². The number of carboxylic acid groups (broad SMARTS) is 1. The van der Waals surface area contributed by atoms with Gasteiger partial charge in [-0.1, -0.05) is 18.3 Å². The number of carboxylic acids is 1. The number of aromatic carboxylic acids is 1. The minimum absolute atomic E-state index is 0.00972. The van der Waals surface area contributed by atoms with E-state index in [2.05, 4.69) is 0 Å². The largest absolute Gasteiger partial charge is 0.478 e. The molecular formula is C16H12N2O3S. The van der Waals surface area contributed by atoms with E-state index in [-0.39, 0.29) is 16.1 Å². The normalized spacial score (nSPS) is 11.0. The quantitative estimate of drug-likeness (QED) is 0.511. The van der Waals surface area contributed by atoms with E-state index in [4.69, 9.17) is 32.7 Å². The lowest BCUT2D eigenvalue weighted by molar-refractivity contribution is 0.0697. The smallest absolute Gasteiger partial charge is 0.335 e.